The van der Waals surface area contributed by atoms with Crippen LogP contribution in [0.1, 0.15) is 21.5 Å². The zero-order chi connectivity index (χ0) is 19.5. The first-order valence-electron chi connectivity index (χ1n) is 8.09. The second-order valence-electron chi connectivity index (χ2n) is 6.24. The third kappa shape index (κ3) is 4.05. The number of amides is 1. The van der Waals surface area contributed by atoms with Gasteiger partial charge in [0.05, 0.1) is 7.11 Å². The molecule has 26 heavy (non-hydrogen) atoms. The summed E-state index contributed by atoms with van der Waals surface area (Å²) in [6.45, 7) is 2.43. The summed E-state index contributed by atoms with van der Waals surface area (Å²) in [6, 6.07) is 12.3. The van der Waals surface area contributed by atoms with Gasteiger partial charge in [-0.2, -0.15) is 0 Å². The number of aryl methyl sites for hydroxylation is 1. The van der Waals surface area contributed by atoms with Crippen molar-refractivity contribution < 1.29 is 17.9 Å². The monoisotopic (exact) mass is 376 g/mol. The Labute approximate surface area is 155 Å². The van der Waals surface area contributed by atoms with Crippen molar-refractivity contribution in [3.8, 4) is 5.75 Å². The van der Waals surface area contributed by atoms with Crippen molar-refractivity contribution in [3.63, 3.8) is 0 Å². The fraction of sp³-hybridized carbons (Fsp3) is 0.316. The minimum Gasteiger partial charge on any atom is -0.495 e. The largest absolute Gasteiger partial charge is 0.495 e. The summed E-state index contributed by atoms with van der Waals surface area (Å²) in [5.41, 5.74) is 2.43. The molecule has 2 rings (SSSR count). The highest BCUT2D eigenvalue weighted by atomic mass is 32.2. The Hall–Kier alpha value is -2.38. The fourth-order valence-electron chi connectivity index (χ4n) is 2.54. The van der Waals surface area contributed by atoms with Gasteiger partial charge in [0.1, 0.15) is 10.6 Å². The molecule has 140 valence electrons. The standard InChI is InChI=1S/C19H24N2O4S/c1-14-8-6-7-9-16(14)13-21(4)19(22)15-10-11-17(25-5)18(12-15)26(23,24)20(2)3/h6-12H,13H2,1-5H3. The molecular weight excluding hydrogens is 352 g/mol. The number of nitrogens with zero attached hydrogens (tertiary/aromatic N) is 2. The number of benzene rings is 2. The number of rotatable bonds is 6. The van der Waals surface area contributed by atoms with Gasteiger partial charge in [-0.3, -0.25) is 4.79 Å². The summed E-state index contributed by atoms with van der Waals surface area (Å²) in [5.74, 6) is -0.0529. The highest BCUT2D eigenvalue weighted by Crippen LogP contribution is 2.27. The van der Waals surface area contributed by atoms with Gasteiger partial charge in [-0.15, -0.1) is 0 Å². The van der Waals surface area contributed by atoms with Crippen molar-refractivity contribution in [2.75, 3.05) is 28.3 Å². The minimum atomic E-state index is -3.73. The molecule has 2 aromatic carbocycles. The summed E-state index contributed by atoms with van der Waals surface area (Å²) in [4.78, 5) is 14.3. The lowest BCUT2D eigenvalue weighted by Crippen LogP contribution is -2.27. The van der Waals surface area contributed by atoms with E-state index in [-0.39, 0.29) is 16.6 Å². The number of sulfonamides is 1. The predicted molar refractivity (Wildman–Crippen MR) is 101 cm³/mol. The van der Waals surface area contributed by atoms with E-state index in [1.165, 1.54) is 33.3 Å². The molecule has 0 bridgehead atoms. The van der Waals surface area contributed by atoms with Gasteiger partial charge in [0, 0.05) is 33.3 Å². The van der Waals surface area contributed by atoms with Crippen molar-refractivity contribution in [1.29, 1.82) is 0 Å². The van der Waals surface area contributed by atoms with E-state index < -0.39 is 10.0 Å². The van der Waals surface area contributed by atoms with Crippen LogP contribution in [0.5, 0.6) is 5.75 Å². The average molecular weight is 376 g/mol. The molecule has 0 saturated heterocycles. The van der Waals surface area contributed by atoms with Gasteiger partial charge in [-0.05, 0) is 36.2 Å². The number of methoxy groups -OCH3 is 1. The Balaban J connectivity index is 2.36. The van der Waals surface area contributed by atoms with Crippen LogP contribution in [-0.2, 0) is 16.6 Å². The number of hydrogen-bond acceptors (Lipinski definition) is 4. The van der Waals surface area contributed by atoms with E-state index >= 15 is 0 Å². The van der Waals surface area contributed by atoms with Crippen molar-refractivity contribution in [2.45, 2.75) is 18.4 Å². The van der Waals surface area contributed by atoms with E-state index in [1.54, 1.807) is 18.0 Å². The lowest BCUT2D eigenvalue weighted by atomic mass is 10.1. The molecule has 0 aromatic heterocycles. The highest BCUT2D eigenvalue weighted by molar-refractivity contribution is 7.89. The molecule has 0 atom stereocenters. The molecule has 2 aromatic rings. The van der Waals surface area contributed by atoms with Crippen LogP contribution in [0.2, 0.25) is 0 Å². The lowest BCUT2D eigenvalue weighted by molar-refractivity contribution is 0.0784. The average Bonchev–Trinajstić information content (AvgIpc) is 2.62. The molecule has 1 amide bonds. The number of ether oxygens (including phenoxy) is 1. The molecular formula is C19H24N2O4S. The summed E-state index contributed by atoms with van der Waals surface area (Å²) in [5, 5.41) is 0. The maximum absolute atomic E-state index is 12.8. The smallest absolute Gasteiger partial charge is 0.253 e. The summed E-state index contributed by atoms with van der Waals surface area (Å²) < 4.78 is 31.3. The van der Waals surface area contributed by atoms with Crippen molar-refractivity contribution in [1.82, 2.24) is 9.21 Å². The Morgan fingerprint density at radius 1 is 1.08 bits per heavy atom. The molecule has 0 N–H and O–H groups in total. The van der Waals surface area contributed by atoms with Gasteiger partial charge < -0.3 is 9.64 Å². The fourth-order valence-corrected chi connectivity index (χ4v) is 3.62. The van der Waals surface area contributed by atoms with Crippen molar-refractivity contribution in [2.24, 2.45) is 0 Å². The van der Waals surface area contributed by atoms with Gasteiger partial charge in [-0.1, -0.05) is 24.3 Å². The van der Waals surface area contributed by atoms with Gasteiger partial charge in [-0.25, -0.2) is 12.7 Å². The van der Waals surface area contributed by atoms with Gasteiger partial charge in [0.2, 0.25) is 10.0 Å². The van der Waals surface area contributed by atoms with Crippen LogP contribution < -0.4 is 4.74 Å². The Morgan fingerprint density at radius 2 is 1.73 bits per heavy atom. The first-order chi connectivity index (χ1) is 12.2. The van der Waals surface area contributed by atoms with Crippen molar-refractivity contribution in [3.05, 3.63) is 59.2 Å². The number of hydrogen-bond donors (Lipinski definition) is 0. The van der Waals surface area contributed by atoms with Crippen LogP contribution >= 0.6 is 0 Å². The Kier molecular flexibility index (Phi) is 6.05. The molecule has 0 heterocycles. The molecule has 7 heteroatoms. The lowest BCUT2D eigenvalue weighted by Gasteiger charge is -2.20. The molecule has 6 nitrogen and oxygen atoms in total. The summed E-state index contributed by atoms with van der Waals surface area (Å²) >= 11 is 0. The van der Waals surface area contributed by atoms with Gasteiger partial charge in [0.15, 0.2) is 0 Å². The van der Waals surface area contributed by atoms with E-state index in [0.29, 0.717) is 12.1 Å². The zero-order valence-corrected chi connectivity index (χ0v) is 16.5. The van der Waals surface area contributed by atoms with Gasteiger partial charge >= 0.3 is 0 Å². The quantitative estimate of drug-likeness (QED) is 0.777. The van der Waals surface area contributed by atoms with Crippen LogP contribution in [0.4, 0.5) is 0 Å². The van der Waals surface area contributed by atoms with Gasteiger partial charge in [0.25, 0.3) is 5.91 Å². The summed E-state index contributed by atoms with van der Waals surface area (Å²) in [6.07, 6.45) is 0. The third-order valence-electron chi connectivity index (χ3n) is 4.18. The highest BCUT2D eigenvalue weighted by Gasteiger charge is 2.24. The topological polar surface area (TPSA) is 66.9 Å². The van der Waals surface area contributed by atoms with Crippen LogP contribution in [0, 0.1) is 6.92 Å². The molecule has 0 saturated carbocycles. The second kappa shape index (κ2) is 7.88. The Morgan fingerprint density at radius 3 is 2.31 bits per heavy atom. The third-order valence-corrected chi connectivity index (χ3v) is 6.02. The molecule has 0 spiro atoms. The molecule has 0 aliphatic heterocycles. The van der Waals surface area contributed by atoms with Crippen LogP contribution in [-0.4, -0.2) is 51.8 Å². The van der Waals surface area contributed by atoms with E-state index in [9.17, 15) is 13.2 Å². The number of carbonyl (C=O) groups excluding carboxylic acids is 1. The van der Waals surface area contributed by atoms with Crippen LogP contribution in [0.3, 0.4) is 0 Å². The second-order valence-corrected chi connectivity index (χ2v) is 8.36. The van der Waals surface area contributed by atoms with E-state index in [1.807, 2.05) is 31.2 Å². The molecule has 0 aliphatic rings. The summed E-state index contributed by atoms with van der Waals surface area (Å²) in [7, 11) is 2.24. The number of carbonyl (C=O) groups is 1. The SMILES string of the molecule is COc1ccc(C(=O)N(C)Cc2ccccc2C)cc1S(=O)(=O)N(C)C. The first-order valence-corrected chi connectivity index (χ1v) is 9.53. The van der Waals surface area contributed by atoms with E-state index in [2.05, 4.69) is 0 Å². The van der Waals surface area contributed by atoms with Crippen molar-refractivity contribution >= 4 is 15.9 Å². The molecule has 0 fully saturated rings. The first kappa shape index (κ1) is 19.9. The predicted octanol–water partition coefficient (Wildman–Crippen LogP) is 2.53. The molecule has 0 aliphatic carbocycles. The maximum atomic E-state index is 12.8. The van der Waals surface area contributed by atoms with E-state index in [4.69, 9.17) is 4.74 Å². The minimum absolute atomic E-state index is 0.0276. The van der Waals surface area contributed by atoms with E-state index in [0.717, 1.165) is 15.4 Å². The maximum Gasteiger partial charge on any atom is 0.253 e. The van der Waals surface area contributed by atoms with Crippen LogP contribution in [0.25, 0.3) is 0 Å². The zero-order valence-electron chi connectivity index (χ0n) is 15.7. The normalized spacial score (nSPS) is 11.5. The van der Waals surface area contributed by atoms with Crippen LogP contribution in [0.15, 0.2) is 47.4 Å². The molecule has 0 radical (unpaired) electrons. The Bertz CT molecular complexity index is 908. The molecule has 0 unspecified atom stereocenters.